The second-order valence-corrected chi connectivity index (χ2v) is 10.6. The summed E-state index contributed by atoms with van der Waals surface area (Å²) in [5.41, 5.74) is 4.43. The van der Waals surface area contributed by atoms with Gasteiger partial charge in [0.2, 0.25) is 0 Å². The molecule has 3 nitrogen and oxygen atoms in total. The molecule has 0 amide bonds. The van der Waals surface area contributed by atoms with Crippen molar-refractivity contribution in [1.82, 2.24) is 5.32 Å². The number of hydrogen-bond donors (Lipinski definition) is 1. The number of nitrogens with zero attached hydrogens (tertiary/aromatic N) is 1. The molecule has 0 spiro atoms. The van der Waals surface area contributed by atoms with Gasteiger partial charge < -0.3 is 10.1 Å². The van der Waals surface area contributed by atoms with Gasteiger partial charge in [-0.3, -0.25) is 4.99 Å². The van der Waals surface area contributed by atoms with E-state index in [9.17, 15) is 0 Å². The number of nitrogens with one attached hydrogen (secondary N) is 1. The highest BCUT2D eigenvalue weighted by Gasteiger charge is 2.33. The number of hydrogen-bond acceptors (Lipinski definition) is 3. The highest BCUT2D eigenvalue weighted by molar-refractivity contribution is 6.30. The molecule has 1 aliphatic heterocycles. The highest BCUT2D eigenvalue weighted by atomic mass is 35.5. The summed E-state index contributed by atoms with van der Waals surface area (Å²) in [5, 5.41) is 5.10. The lowest BCUT2D eigenvalue weighted by Crippen LogP contribution is -2.26. The summed E-state index contributed by atoms with van der Waals surface area (Å²) in [4.78, 5) is 5.15. The second kappa shape index (κ2) is 9.40. The van der Waals surface area contributed by atoms with Gasteiger partial charge in [0.25, 0.3) is 0 Å². The van der Waals surface area contributed by atoms with Gasteiger partial charge in [0.15, 0.2) is 0 Å². The maximum Gasteiger partial charge on any atom is 0.133 e. The Morgan fingerprint density at radius 2 is 1.42 bits per heavy atom. The molecule has 5 heteroatoms. The van der Waals surface area contributed by atoms with Gasteiger partial charge in [-0.15, -0.1) is 0 Å². The van der Waals surface area contributed by atoms with Crippen molar-refractivity contribution >= 4 is 29.0 Å². The van der Waals surface area contributed by atoms with Crippen LogP contribution in [0.4, 0.5) is 0 Å². The molecule has 2 unspecified atom stereocenters. The van der Waals surface area contributed by atoms with Gasteiger partial charge in [0, 0.05) is 10.0 Å². The van der Waals surface area contributed by atoms with Crippen molar-refractivity contribution in [2.24, 2.45) is 4.99 Å². The van der Waals surface area contributed by atoms with Gasteiger partial charge in [0.05, 0.1) is 17.7 Å². The van der Waals surface area contributed by atoms with E-state index in [0.717, 1.165) is 28.3 Å². The highest BCUT2D eigenvalue weighted by Crippen LogP contribution is 2.39. The first-order chi connectivity index (χ1) is 15.6. The summed E-state index contributed by atoms with van der Waals surface area (Å²) < 4.78 is 6.25. The van der Waals surface area contributed by atoms with Crippen LogP contribution in [0.3, 0.4) is 0 Å². The number of rotatable bonds is 5. The van der Waals surface area contributed by atoms with Crippen molar-refractivity contribution in [3.63, 3.8) is 0 Å². The molecular formula is C28H30Cl2N2O. The predicted octanol–water partition coefficient (Wildman–Crippen LogP) is 7.91. The second-order valence-electron chi connectivity index (χ2n) is 9.78. The molecule has 1 N–H and O–H groups in total. The van der Waals surface area contributed by atoms with Gasteiger partial charge in [-0.05, 0) is 72.4 Å². The molecule has 0 aliphatic carbocycles. The van der Waals surface area contributed by atoms with E-state index in [0.29, 0.717) is 10.0 Å². The number of halogens is 2. The Morgan fingerprint density at radius 3 is 1.97 bits per heavy atom. The van der Waals surface area contributed by atoms with E-state index in [1.165, 1.54) is 5.56 Å². The van der Waals surface area contributed by atoms with Crippen LogP contribution in [0.1, 0.15) is 69.0 Å². The Morgan fingerprint density at radius 1 is 0.848 bits per heavy atom. The van der Waals surface area contributed by atoms with Crippen LogP contribution < -0.4 is 10.1 Å². The van der Waals surface area contributed by atoms with E-state index in [1.54, 1.807) is 0 Å². The van der Waals surface area contributed by atoms with Crippen LogP contribution in [0.2, 0.25) is 10.0 Å². The topological polar surface area (TPSA) is 33.6 Å². The first kappa shape index (κ1) is 23.7. The van der Waals surface area contributed by atoms with Crippen LogP contribution in [0.25, 0.3) is 0 Å². The molecule has 33 heavy (non-hydrogen) atoms. The van der Waals surface area contributed by atoms with E-state index < -0.39 is 0 Å². The zero-order valence-electron chi connectivity index (χ0n) is 19.7. The minimum Gasteiger partial charge on any atom is -0.490 e. The van der Waals surface area contributed by atoms with E-state index in [1.807, 2.05) is 50.2 Å². The fraction of sp³-hybridized carbons (Fsp3) is 0.321. The van der Waals surface area contributed by atoms with Gasteiger partial charge in [-0.25, -0.2) is 0 Å². The lowest BCUT2D eigenvalue weighted by molar-refractivity contribution is 0.241. The molecule has 1 aliphatic rings. The number of ether oxygens (including phenoxy) is 1. The van der Waals surface area contributed by atoms with Crippen molar-refractivity contribution < 1.29 is 4.74 Å². The van der Waals surface area contributed by atoms with Gasteiger partial charge >= 0.3 is 0 Å². The van der Waals surface area contributed by atoms with Crippen molar-refractivity contribution in [3.8, 4) is 5.75 Å². The Balaban J connectivity index is 1.79. The predicted molar refractivity (Wildman–Crippen MR) is 139 cm³/mol. The van der Waals surface area contributed by atoms with E-state index in [4.69, 9.17) is 32.9 Å². The Bertz CT molecular complexity index is 1150. The Kier molecular flexibility index (Phi) is 6.74. The van der Waals surface area contributed by atoms with Crippen LogP contribution in [0.15, 0.2) is 71.7 Å². The molecule has 0 fully saturated rings. The molecule has 172 valence electrons. The lowest BCUT2D eigenvalue weighted by atomic mass is 9.86. The van der Waals surface area contributed by atoms with Crippen molar-refractivity contribution in [2.45, 2.75) is 58.2 Å². The van der Waals surface area contributed by atoms with E-state index >= 15 is 0 Å². The smallest absolute Gasteiger partial charge is 0.133 e. The van der Waals surface area contributed by atoms with Crippen LogP contribution in [-0.4, -0.2) is 11.9 Å². The molecule has 0 aromatic heterocycles. The first-order valence-electron chi connectivity index (χ1n) is 11.3. The number of benzene rings is 3. The normalized spacial score (nSPS) is 18.2. The molecule has 2 atom stereocenters. The molecule has 3 aromatic carbocycles. The Labute approximate surface area is 206 Å². The van der Waals surface area contributed by atoms with Crippen LogP contribution in [0, 0.1) is 0 Å². The summed E-state index contributed by atoms with van der Waals surface area (Å²) >= 11 is 12.3. The summed E-state index contributed by atoms with van der Waals surface area (Å²) in [7, 11) is 0. The molecule has 0 bridgehead atoms. The van der Waals surface area contributed by atoms with Crippen molar-refractivity contribution in [3.05, 3.63) is 99.0 Å². The third-order valence-electron chi connectivity index (χ3n) is 5.78. The van der Waals surface area contributed by atoms with E-state index in [-0.39, 0.29) is 23.6 Å². The third-order valence-corrected chi connectivity index (χ3v) is 6.29. The minimum absolute atomic E-state index is 0.0240. The summed E-state index contributed by atoms with van der Waals surface area (Å²) in [6.07, 6.45) is 0.0556. The average molecular weight is 481 g/mol. The van der Waals surface area contributed by atoms with Crippen molar-refractivity contribution in [2.75, 3.05) is 0 Å². The maximum atomic E-state index is 6.25. The van der Waals surface area contributed by atoms with E-state index in [2.05, 4.69) is 56.4 Å². The average Bonchev–Trinajstić information content (AvgIpc) is 3.19. The summed E-state index contributed by atoms with van der Waals surface area (Å²) in [5.74, 6) is 1.67. The standard InChI is InChI=1S/C28H30Cl2N2O/c1-17(2)33-24-16-20(28(3,4)5)10-15-23(24)27-31-25(18-6-11-21(29)12-7-18)26(32-27)19-8-13-22(30)14-9-19/h6-17,25-26H,1-5H3,(H,31,32). The molecule has 1 heterocycles. The summed E-state index contributed by atoms with van der Waals surface area (Å²) in [6, 6.07) is 22.1. The zero-order chi connectivity index (χ0) is 23.8. The van der Waals surface area contributed by atoms with Crippen LogP contribution >= 0.6 is 23.2 Å². The quantitative estimate of drug-likeness (QED) is 0.402. The molecule has 0 saturated carbocycles. The SMILES string of the molecule is CC(C)Oc1cc(C(C)(C)C)ccc1C1=NC(c2ccc(Cl)cc2)C(c2ccc(Cl)cc2)N1. The fourth-order valence-corrected chi connectivity index (χ4v) is 4.27. The molecular weight excluding hydrogens is 451 g/mol. The van der Waals surface area contributed by atoms with Crippen LogP contribution in [0.5, 0.6) is 5.75 Å². The number of aliphatic imine (C=N–C) groups is 1. The Hall–Kier alpha value is -2.49. The fourth-order valence-electron chi connectivity index (χ4n) is 4.02. The van der Waals surface area contributed by atoms with Gasteiger partial charge in [-0.2, -0.15) is 0 Å². The monoisotopic (exact) mass is 480 g/mol. The van der Waals surface area contributed by atoms with Crippen LogP contribution in [-0.2, 0) is 5.41 Å². The largest absolute Gasteiger partial charge is 0.490 e. The first-order valence-corrected chi connectivity index (χ1v) is 12.0. The zero-order valence-corrected chi connectivity index (χ0v) is 21.2. The molecule has 3 aromatic rings. The third kappa shape index (κ3) is 5.37. The molecule has 4 rings (SSSR count). The number of amidine groups is 1. The lowest BCUT2D eigenvalue weighted by Gasteiger charge is -2.23. The minimum atomic E-state index is -0.104. The maximum absolute atomic E-state index is 6.25. The van der Waals surface area contributed by atoms with Gasteiger partial charge in [-0.1, -0.05) is 74.3 Å². The summed E-state index contributed by atoms with van der Waals surface area (Å²) in [6.45, 7) is 10.7. The van der Waals surface area contributed by atoms with Gasteiger partial charge in [0.1, 0.15) is 17.6 Å². The molecule has 0 saturated heterocycles. The molecule has 0 radical (unpaired) electrons. The van der Waals surface area contributed by atoms with Crippen molar-refractivity contribution in [1.29, 1.82) is 0 Å².